The summed E-state index contributed by atoms with van der Waals surface area (Å²) in [6, 6.07) is 15.1. The number of anilines is 3. The maximum Gasteiger partial charge on any atom is 0.273 e. The van der Waals surface area contributed by atoms with Crippen molar-refractivity contribution in [2.24, 2.45) is 5.73 Å². The number of primary amides is 1. The smallest absolute Gasteiger partial charge is 0.273 e. The van der Waals surface area contributed by atoms with Gasteiger partial charge in [0.05, 0.1) is 24.8 Å². The van der Waals surface area contributed by atoms with Crippen LogP contribution in [0.3, 0.4) is 0 Å². The molecule has 5 rings (SSSR count). The quantitative estimate of drug-likeness (QED) is 0.386. The van der Waals surface area contributed by atoms with Crippen LogP contribution in [0.1, 0.15) is 49.6 Å². The molecular weight excluding hydrogens is 526 g/mol. The summed E-state index contributed by atoms with van der Waals surface area (Å²) in [5.41, 5.74) is 7.49. The largest absolute Gasteiger partial charge is 0.378 e. The lowest BCUT2D eigenvalue weighted by Gasteiger charge is -2.33. The fraction of sp³-hybridized carbons (Fsp3) is 0.321. The lowest BCUT2D eigenvalue weighted by Crippen LogP contribution is -2.48. The van der Waals surface area contributed by atoms with Gasteiger partial charge in [0.15, 0.2) is 11.5 Å². The summed E-state index contributed by atoms with van der Waals surface area (Å²) in [6.45, 7) is 3.21. The van der Waals surface area contributed by atoms with Gasteiger partial charge in [0.2, 0.25) is 5.95 Å². The van der Waals surface area contributed by atoms with Crippen molar-refractivity contribution in [2.75, 3.05) is 49.6 Å². The highest BCUT2D eigenvalue weighted by Crippen LogP contribution is 2.23. The number of carbonyl (C=O) groups excluding carboxylic acids is 3. The molecule has 0 aliphatic carbocycles. The molecule has 1 unspecified atom stereocenters. The number of morpholine rings is 1. The van der Waals surface area contributed by atoms with Gasteiger partial charge in [-0.2, -0.15) is 10.2 Å². The lowest BCUT2D eigenvalue weighted by molar-refractivity contribution is 0.0303. The van der Waals surface area contributed by atoms with Crippen molar-refractivity contribution in [3.05, 3.63) is 70.9 Å². The number of piperidine rings is 1. The first-order valence-corrected chi connectivity index (χ1v) is 13.3. The highest BCUT2D eigenvalue weighted by Gasteiger charge is 2.26. The first-order valence-electron chi connectivity index (χ1n) is 13.3. The van der Waals surface area contributed by atoms with Gasteiger partial charge in [-0.15, -0.1) is 10.2 Å². The topological polar surface area (TPSA) is 179 Å². The van der Waals surface area contributed by atoms with Gasteiger partial charge in [-0.3, -0.25) is 14.4 Å². The number of rotatable bonds is 7. The molecule has 210 valence electrons. The Morgan fingerprint density at radius 2 is 1.68 bits per heavy atom. The van der Waals surface area contributed by atoms with Gasteiger partial charge in [0.1, 0.15) is 0 Å². The SMILES string of the molecule is N#Cc1ccc(C(=O)NC2CCCN(c3nnc(C(N)=O)c(Nc4ccc(C(=O)N5CCOCC5)cc4)n3)C2)cc1. The Balaban J connectivity index is 1.27. The van der Waals surface area contributed by atoms with E-state index in [0.29, 0.717) is 61.8 Å². The zero-order valence-electron chi connectivity index (χ0n) is 22.2. The number of hydrogen-bond acceptors (Lipinski definition) is 10. The van der Waals surface area contributed by atoms with E-state index in [1.807, 2.05) is 11.0 Å². The summed E-state index contributed by atoms with van der Waals surface area (Å²) in [5.74, 6) is -0.672. The molecule has 3 heterocycles. The highest BCUT2D eigenvalue weighted by molar-refractivity contribution is 5.97. The van der Waals surface area contributed by atoms with Crippen molar-refractivity contribution < 1.29 is 19.1 Å². The molecule has 1 atom stereocenters. The number of nitrogens with zero attached hydrogens (tertiary/aromatic N) is 6. The lowest BCUT2D eigenvalue weighted by atomic mass is 10.0. The normalized spacial score (nSPS) is 16.9. The van der Waals surface area contributed by atoms with Crippen LogP contribution in [-0.4, -0.2) is 83.2 Å². The summed E-state index contributed by atoms with van der Waals surface area (Å²) in [4.78, 5) is 45.7. The van der Waals surface area contributed by atoms with E-state index in [1.54, 1.807) is 53.4 Å². The first-order chi connectivity index (χ1) is 19.9. The third-order valence-electron chi connectivity index (χ3n) is 6.92. The molecule has 41 heavy (non-hydrogen) atoms. The van der Waals surface area contributed by atoms with Gasteiger partial charge in [0, 0.05) is 49.0 Å². The second-order valence-corrected chi connectivity index (χ2v) is 9.73. The maximum atomic E-state index is 12.7. The van der Waals surface area contributed by atoms with Crippen molar-refractivity contribution in [3.8, 4) is 6.07 Å². The van der Waals surface area contributed by atoms with Crippen LogP contribution in [0.25, 0.3) is 0 Å². The van der Waals surface area contributed by atoms with Crippen molar-refractivity contribution in [1.82, 2.24) is 25.4 Å². The van der Waals surface area contributed by atoms with Gasteiger partial charge in [0.25, 0.3) is 17.7 Å². The molecule has 0 radical (unpaired) electrons. The standard InChI is InChI=1S/C28H29N9O4/c29-16-18-3-5-19(6-4-18)26(39)32-22-2-1-11-37(17-22)28-33-25(23(24(30)38)34-35-28)31-21-9-7-20(8-10-21)27(40)36-12-14-41-15-13-36/h3-10,22H,1-2,11-15,17H2,(H2,30,38)(H,32,39)(H,31,33,35). The molecule has 0 spiro atoms. The van der Waals surface area contributed by atoms with E-state index in [2.05, 4.69) is 25.8 Å². The molecular formula is C28H29N9O4. The van der Waals surface area contributed by atoms with Crippen LogP contribution in [0.2, 0.25) is 0 Å². The minimum Gasteiger partial charge on any atom is -0.378 e. The molecule has 2 aliphatic heterocycles. The molecule has 4 N–H and O–H groups in total. The molecule has 3 aromatic rings. The Kier molecular flexibility index (Phi) is 8.31. The van der Waals surface area contributed by atoms with E-state index in [-0.39, 0.29) is 35.3 Å². The van der Waals surface area contributed by atoms with Crippen molar-refractivity contribution in [2.45, 2.75) is 18.9 Å². The number of hydrogen-bond donors (Lipinski definition) is 3. The van der Waals surface area contributed by atoms with Crippen LogP contribution in [0.4, 0.5) is 17.5 Å². The third kappa shape index (κ3) is 6.56. The molecule has 0 saturated carbocycles. The monoisotopic (exact) mass is 555 g/mol. The molecule has 2 aliphatic rings. The predicted molar refractivity (Wildman–Crippen MR) is 149 cm³/mol. The zero-order valence-corrected chi connectivity index (χ0v) is 22.2. The van der Waals surface area contributed by atoms with Gasteiger partial charge < -0.3 is 30.9 Å². The molecule has 13 nitrogen and oxygen atoms in total. The van der Waals surface area contributed by atoms with Crippen molar-refractivity contribution in [1.29, 1.82) is 5.26 Å². The van der Waals surface area contributed by atoms with Gasteiger partial charge in [-0.25, -0.2) is 0 Å². The van der Waals surface area contributed by atoms with Crippen LogP contribution in [0.15, 0.2) is 48.5 Å². The second kappa shape index (κ2) is 12.4. The van der Waals surface area contributed by atoms with E-state index >= 15 is 0 Å². The number of ether oxygens (including phenoxy) is 1. The molecule has 3 amide bonds. The highest BCUT2D eigenvalue weighted by atomic mass is 16.5. The van der Waals surface area contributed by atoms with E-state index in [4.69, 9.17) is 15.7 Å². The number of amides is 3. The van der Waals surface area contributed by atoms with Crippen LogP contribution < -0.4 is 21.3 Å². The fourth-order valence-corrected chi connectivity index (χ4v) is 4.73. The van der Waals surface area contributed by atoms with Gasteiger partial charge >= 0.3 is 0 Å². The van der Waals surface area contributed by atoms with E-state index in [1.165, 1.54) is 0 Å². The summed E-state index contributed by atoms with van der Waals surface area (Å²) in [6.07, 6.45) is 1.55. The first kappa shape index (κ1) is 27.5. The number of nitrogens with one attached hydrogen (secondary N) is 2. The van der Waals surface area contributed by atoms with E-state index in [0.717, 1.165) is 12.8 Å². The van der Waals surface area contributed by atoms with Crippen LogP contribution in [0, 0.1) is 11.3 Å². The van der Waals surface area contributed by atoms with Crippen LogP contribution in [-0.2, 0) is 4.74 Å². The molecule has 2 saturated heterocycles. The minimum atomic E-state index is -0.788. The number of benzene rings is 2. The molecule has 1 aromatic heterocycles. The number of nitrogens with two attached hydrogens (primary N) is 1. The average Bonchev–Trinajstić information content (AvgIpc) is 3.01. The summed E-state index contributed by atoms with van der Waals surface area (Å²) in [7, 11) is 0. The minimum absolute atomic E-state index is 0.0745. The fourth-order valence-electron chi connectivity index (χ4n) is 4.73. The predicted octanol–water partition coefficient (Wildman–Crippen LogP) is 1.46. The zero-order chi connectivity index (χ0) is 28.8. The van der Waals surface area contributed by atoms with Crippen LogP contribution in [0.5, 0.6) is 0 Å². The van der Waals surface area contributed by atoms with Crippen molar-refractivity contribution in [3.63, 3.8) is 0 Å². The maximum absolute atomic E-state index is 12.7. The summed E-state index contributed by atoms with van der Waals surface area (Å²) in [5, 5.41) is 23.2. The van der Waals surface area contributed by atoms with Crippen LogP contribution >= 0.6 is 0 Å². The summed E-state index contributed by atoms with van der Waals surface area (Å²) >= 11 is 0. The Morgan fingerprint density at radius 3 is 2.37 bits per heavy atom. The second-order valence-electron chi connectivity index (χ2n) is 9.73. The number of aromatic nitrogens is 3. The Hall–Kier alpha value is -5.09. The molecule has 13 heteroatoms. The molecule has 2 aromatic carbocycles. The Bertz CT molecular complexity index is 1470. The van der Waals surface area contributed by atoms with E-state index in [9.17, 15) is 14.4 Å². The average molecular weight is 556 g/mol. The molecule has 0 bridgehead atoms. The third-order valence-corrected chi connectivity index (χ3v) is 6.92. The summed E-state index contributed by atoms with van der Waals surface area (Å²) < 4.78 is 5.31. The number of carbonyl (C=O) groups is 3. The Labute approximate surface area is 236 Å². The van der Waals surface area contributed by atoms with E-state index < -0.39 is 5.91 Å². The molecule has 2 fully saturated rings. The van der Waals surface area contributed by atoms with Gasteiger partial charge in [-0.1, -0.05) is 0 Å². The number of nitriles is 1. The van der Waals surface area contributed by atoms with Gasteiger partial charge in [-0.05, 0) is 61.4 Å². The Morgan fingerprint density at radius 1 is 0.976 bits per heavy atom. The van der Waals surface area contributed by atoms with Crippen molar-refractivity contribution >= 4 is 35.2 Å².